The van der Waals surface area contributed by atoms with Gasteiger partial charge in [0, 0.05) is 23.2 Å². The molecule has 2 rings (SSSR count). The maximum atomic E-state index is 12.7. The molecule has 0 unspecified atom stereocenters. The first-order valence-electron chi connectivity index (χ1n) is 7.67. The van der Waals surface area contributed by atoms with Crippen molar-refractivity contribution in [1.82, 2.24) is 0 Å². The van der Waals surface area contributed by atoms with Crippen LogP contribution >= 0.6 is 11.8 Å². The molecule has 2 N–H and O–H groups in total. The Hall–Kier alpha value is -2.48. The Labute approximate surface area is 153 Å². The molecule has 0 spiro atoms. The minimum absolute atomic E-state index is 0.201. The van der Waals surface area contributed by atoms with Crippen molar-refractivity contribution in [3.05, 3.63) is 54.1 Å². The second-order valence-electron chi connectivity index (χ2n) is 5.53. The second-order valence-corrected chi connectivity index (χ2v) is 6.95. The maximum Gasteiger partial charge on any atom is 0.416 e. The molecule has 0 saturated heterocycles. The van der Waals surface area contributed by atoms with E-state index in [-0.39, 0.29) is 11.8 Å². The summed E-state index contributed by atoms with van der Waals surface area (Å²) in [5.74, 6) is -0.535. The number of hydrogen-bond acceptors (Lipinski definition) is 3. The van der Waals surface area contributed by atoms with E-state index in [1.165, 1.54) is 19.1 Å². The summed E-state index contributed by atoms with van der Waals surface area (Å²) in [6.45, 7) is 3.01. The smallest absolute Gasteiger partial charge is 0.326 e. The van der Waals surface area contributed by atoms with Crippen LogP contribution in [-0.4, -0.2) is 17.1 Å². The van der Waals surface area contributed by atoms with Crippen LogP contribution in [0.15, 0.2) is 53.4 Å². The van der Waals surface area contributed by atoms with Gasteiger partial charge in [0.1, 0.15) is 0 Å². The van der Waals surface area contributed by atoms with E-state index in [0.717, 1.165) is 23.9 Å². The zero-order valence-electron chi connectivity index (χ0n) is 14.1. The molecule has 4 nitrogen and oxygen atoms in total. The molecule has 0 aromatic heterocycles. The number of halogens is 3. The van der Waals surface area contributed by atoms with Gasteiger partial charge in [-0.1, -0.05) is 6.07 Å². The topological polar surface area (TPSA) is 58.2 Å². The number of anilines is 2. The van der Waals surface area contributed by atoms with Crippen LogP contribution in [0.2, 0.25) is 0 Å². The van der Waals surface area contributed by atoms with Crippen molar-refractivity contribution in [2.75, 3.05) is 10.6 Å². The molecule has 0 heterocycles. The quantitative estimate of drug-likeness (QED) is 0.732. The number of benzene rings is 2. The van der Waals surface area contributed by atoms with E-state index in [0.29, 0.717) is 16.3 Å². The number of thioether (sulfide) groups is 1. The maximum absolute atomic E-state index is 12.7. The highest BCUT2D eigenvalue weighted by Crippen LogP contribution is 2.33. The van der Waals surface area contributed by atoms with E-state index in [4.69, 9.17) is 0 Å². The van der Waals surface area contributed by atoms with Crippen LogP contribution in [0.25, 0.3) is 0 Å². The third kappa shape index (κ3) is 5.80. The van der Waals surface area contributed by atoms with Crippen LogP contribution < -0.4 is 10.6 Å². The lowest BCUT2D eigenvalue weighted by Gasteiger charge is -2.14. The molecule has 0 bridgehead atoms. The molecule has 8 heteroatoms. The van der Waals surface area contributed by atoms with Gasteiger partial charge in [-0.2, -0.15) is 13.2 Å². The lowest BCUT2D eigenvalue weighted by Crippen LogP contribution is -2.22. The first-order chi connectivity index (χ1) is 12.1. The lowest BCUT2D eigenvalue weighted by molar-refractivity contribution is -0.137. The fourth-order valence-corrected chi connectivity index (χ4v) is 3.01. The van der Waals surface area contributed by atoms with Gasteiger partial charge in [-0.15, -0.1) is 11.8 Å². The molecule has 0 radical (unpaired) electrons. The molecule has 2 amide bonds. The number of alkyl halides is 3. The average Bonchev–Trinajstić information content (AvgIpc) is 2.55. The van der Waals surface area contributed by atoms with E-state index in [1.54, 1.807) is 31.2 Å². The summed E-state index contributed by atoms with van der Waals surface area (Å²) >= 11 is 1.04. The minimum atomic E-state index is -4.42. The summed E-state index contributed by atoms with van der Waals surface area (Å²) in [4.78, 5) is 23.6. The van der Waals surface area contributed by atoms with Crippen LogP contribution in [0.5, 0.6) is 0 Å². The average molecular weight is 382 g/mol. The van der Waals surface area contributed by atoms with Crippen LogP contribution in [0.4, 0.5) is 24.5 Å². The van der Waals surface area contributed by atoms with Crippen molar-refractivity contribution in [3.8, 4) is 0 Å². The Kier molecular flexibility index (Phi) is 6.31. The highest BCUT2D eigenvalue weighted by atomic mass is 32.2. The third-order valence-corrected chi connectivity index (χ3v) is 4.41. The van der Waals surface area contributed by atoms with Crippen molar-refractivity contribution in [2.45, 2.75) is 30.2 Å². The molecule has 0 aliphatic rings. The van der Waals surface area contributed by atoms with Gasteiger partial charge in [0.2, 0.25) is 11.8 Å². The first-order valence-corrected chi connectivity index (χ1v) is 8.55. The standard InChI is InChI=1S/C18H17F3N2O2S/c1-11(26-16-5-3-4-13(10-16)18(19,20)21)17(25)23-15-8-6-14(7-9-15)22-12(2)24/h3-11H,1-2H3,(H,22,24)(H,23,25)/t11-/m0/s1. The molecule has 0 aliphatic carbocycles. The van der Waals surface area contributed by atoms with Gasteiger partial charge in [0.25, 0.3) is 0 Å². The van der Waals surface area contributed by atoms with Crippen LogP contribution in [-0.2, 0) is 15.8 Å². The molecule has 0 fully saturated rings. The van der Waals surface area contributed by atoms with E-state index >= 15 is 0 Å². The van der Waals surface area contributed by atoms with Gasteiger partial charge in [-0.3, -0.25) is 9.59 Å². The summed E-state index contributed by atoms with van der Waals surface area (Å²) in [6.07, 6.45) is -4.42. The predicted octanol–water partition coefficient (Wildman–Crippen LogP) is 4.78. The minimum Gasteiger partial charge on any atom is -0.326 e. The van der Waals surface area contributed by atoms with E-state index in [1.807, 2.05) is 0 Å². The Balaban J connectivity index is 1.98. The summed E-state index contributed by atoms with van der Waals surface area (Å²) in [5, 5.41) is 4.71. The van der Waals surface area contributed by atoms with Gasteiger partial charge in [0.05, 0.1) is 10.8 Å². The van der Waals surface area contributed by atoms with Gasteiger partial charge in [-0.05, 0) is 49.4 Å². The van der Waals surface area contributed by atoms with Crippen molar-refractivity contribution in [3.63, 3.8) is 0 Å². The molecule has 138 valence electrons. The fraction of sp³-hybridized carbons (Fsp3) is 0.222. The normalized spacial score (nSPS) is 12.3. The van der Waals surface area contributed by atoms with Gasteiger partial charge in [-0.25, -0.2) is 0 Å². The zero-order valence-corrected chi connectivity index (χ0v) is 14.9. The first kappa shape index (κ1) is 19.8. The number of carbonyl (C=O) groups excluding carboxylic acids is 2. The zero-order chi connectivity index (χ0) is 19.3. The van der Waals surface area contributed by atoms with Crippen molar-refractivity contribution in [2.24, 2.45) is 0 Å². The summed E-state index contributed by atoms with van der Waals surface area (Å²) in [6, 6.07) is 11.4. The lowest BCUT2D eigenvalue weighted by atomic mass is 10.2. The SMILES string of the molecule is CC(=O)Nc1ccc(NC(=O)[C@H](C)Sc2cccc(C(F)(F)F)c2)cc1. The molecule has 2 aromatic rings. The van der Waals surface area contributed by atoms with Crippen LogP contribution in [0.1, 0.15) is 19.4 Å². The highest BCUT2D eigenvalue weighted by Gasteiger charge is 2.30. The molecule has 26 heavy (non-hydrogen) atoms. The number of amides is 2. The fourth-order valence-electron chi connectivity index (χ4n) is 2.09. The summed E-state index contributed by atoms with van der Waals surface area (Å²) < 4.78 is 38.2. The Bertz CT molecular complexity index is 792. The van der Waals surface area contributed by atoms with Crippen molar-refractivity contribution < 1.29 is 22.8 Å². The number of rotatable bonds is 5. The van der Waals surface area contributed by atoms with Crippen LogP contribution in [0, 0.1) is 0 Å². The largest absolute Gasteiger partial charge is 0.416 e. The van der Waals surface area contributed by atoms with Crippen molar-refractivity contribution >= 4 is 35.0 Å². The number of nitrogens with one attached hydrogen (secondary N) is 2. The molecule has 0 saturated carbocycles. The second kappa shape index (κ2) is 8.27. The van der Waals surface area contributed by atoms with E-state index < -0.39 is 17.0 Å². The van der Waals surface area contributed by atoms with E-state index in [9.17, 15) is 22.8 Å². The Morgan fingerprint density at radius 2 is 1.58 bits per heavy atom. The van der Waals surface area contributed by atoms with Gasteiger partial charge >= 0.3 is 6.18 Å². The molecule has 2 aromatic carbocycles. The molecule has 0 aliphatic heterocycles. The highest BCUT2D eigenvalue weighted by molar-refractivity contribution is 8.00. The van der Waals surface area contributed by atoms with E-state index in [2.05, 4.69) is 10.6 Å². The summed E-state index contributed by atoms with van der Waals surface area (Å²) in [7, 11) is 0. The van der Waals surface area contributed by atoms with Crippen molar-refractivity contribution in [1.29, 1.82) is 0 Å². The van der Waals surface area contributed by atoms with Crippen LogP contribution in [0.3, 0.4) is 0 Å². The van der Waals surface area contributed by atoms with Gasteiger partial charge in [0.15, 0.2) is 0 Å². The number of hydrogen-bond donors (Lipinski definition) is 2. The van der Waals surface area contributed by atoms with Gasteiger partial charge < -0.3 is 10.6 Å². The third-order valence-electron chi connectivity index (χ3n) is 3.32. The Morgan fingerprint density at radius 3 is 2.12 bits per heavy atom. The molecular formula is C18H17F3N2O2S. The number of carbonyl (C=O) groups is 2. The Morgan fingerprint density at radius 1 is 1.00 bits per heavy atom. The molecular weight excluding hydrogens is 365 g/mol. The predicted molar refractivity (Wildman–Crippen MR) is 96.1 cm³/mol. The summed E-state index contributed by atoms with van der Waals surface area (Å²) in [5.41, 5.74) is 0.381. The molecule has 1 atom stereocenters. The monoisotopic (exact) mass is 382 g/mol.